The molecular weight excluding hydrogens is 627 g/mol. The summed E-state index contributed by atoms with van der Waals surface area (Å²) < 4.78 is 86.8. The van der Waals surface area contributed by atoms with Crippen LogP contribution in [0.3, 0.4) is 0 Å². The Morgan fingerprint density at radius 3 is 2.43 bits per heavy atom. The van der Waals surface area contributed by atoms with Crippen LogP contribution in [0.4, 0.5) is 18.3 Å². The van der Waals surface area contributed by atoms with E-state index in [-0.39, 0.29) is 30.4 Å². The van der Waals surface area contributed by atoms with E-state index in [9.17, 15) is 30.0 Å². The van der Waals surface area contributed by atoms with Crippen molar-refractivity contribution in [2.24, 2.45) is 11.1 Å². The number of quaternary nitrogens is 1. The number of carboxylic acids is 1. The quantitative estimate of drug-likeness (QED) is 0.195. The van der Waals surface area contributed by atoms with Crippen LogP contribution in [0.15, 0.2) is 40.1 Å². The average molecular weight is 650 g/mol. The molecule has 2 aromatic heterocycles. The second kappa shape index (κ2) is 11.5. The van der Waals surface area contributed by atoms with Gasteiger partial charge in [0.05, 0.1) is 22.3 Å². The number of rotatable bonds is 6. The predicted octanol–water partition coefficient (Wildman–Crippen LogP) is -1.08. The lowest BCUT2D eigenvalue weighted by Crippen LogP contribution is -2.54. The van der Waals surface area contributed by atoms with Crippen molar-refractivity contribution in [3.63, 3.8) is 0 Å². The Balaban J connectivity index is 0.000000517. The number of thiazole rings is 1. The molecule has 3 heterocycles. The smallest absolute Gasteiger partial charge is 0.430 e. The van der Waals surface area contributed by atoms with Crippen molar-refractivity contribution in [3.05, 3.63) is 30.3 Å². The maximum absolute atomic E-state index is 13.6. The molecule has 0 radical (unpaired) electrons. The summed E-state index contributed by atoms with van der Waals surface area (Å²) in [5, 5.41) is 28.5. The third-order valence-corrected chi connectivity index (χ3v) is 10.1. The Hall–Kier alpha value is -3.76. The van der Waals surface area contributed by atoms with Crippen molar-refractivity contribution in [3.8, 4) is 22.5 Å². The van der Waals surface area contributed by atoms with Gasteiger partial charge in [-0.15, -0.1) is 10.2 Å². The number of benzene rings is 2. The molecule has 21 heteroatoms. The van der Waals surface area contributed by atoms with Crippen molar-refractivity contribution in [1.82, 2.24) is 29.9 Å². The van der Waals surface area contributed by atoms with Crippen molar-refractivity contribution < 1.29 is 45.6 Å². The van der Waals surface area contributed by atoms with Gasteiger partial charge in [0.1, 0.15) is 15.8 Å². The number of hydrogen-bond donors (Lipinski definition) is 4. The largest absolute Gasteiger partial charge is 0.542 e. The first-order valence-electron chi connectivity index (χ1n) is 11.7. The average Bonchev–Trinajstić information content (AvgIpc) is 3.67. The molecule has 0 unspecified atom stereocenters. The normalized spacial score (nSPS) is 16.4. The minimum Gasteiger partial charge on any atom is -0.542 e. The fourth-order valence-corrected chi connectivity index (χ4v) is 8.20. The van der Waals surface area contributed by atoms with Crippen molar-refractivity contribution in [1.29, 1.82) is 0 Å². The van der Waals surface area contributed by atoms with E-state index in [2.05, 4.69) is 31.3 Å². The van der Waals surface area contributed by atoms with Gasteiger partial charge in [-0.3, -0.25) is 0 Å². The molecule has 0 aliphatic carbocycles. The van der Waals surface area contributed by atoms with Crippen LogP contribution >= 0.6 is 11.3 Å². The van der Waals surface area contributed by atoms with Crippen molar-refractivity contribution >= 4 is 52.7 Å². The van der Waals surface area contributed by atoms with E-state index in [1.165, 1.54) is 27.8 Å². The van der Waals surface area contributed by atoms with Gasteiger partial charge in [0, 0.05) is 24.6 Å². The number of anilines is 1. The molecule has 4 aromatic rings. The summed E-state index contributed by atoms with van der Waals surface area (Å²) in [5.41, 5.74) is 11.0. The number of alkyl halides is 3. The van der Waals surface area contributed by atoms with Gasteiger partial charge in [-0.2, -0.15) is 22.7 Å². The highest BCUT2D eigenvalue weighted by atomic mass is 32.2. The van der Waals surface area contributed by atoms with Crippen LogP contribution in [-0.2, 0) is 24.8 Å². The molecule has 8 N–H and O–H groups in total. The fourth-order valence-electron chi connectivity index (χ4n) is 4.34. The van der Waals surface area contributed by atoms with Gasteiger partial charge in [-0.05, 0) is 29.3 Å². The Morgan fingerprint density at radius 2 is 1.88 bits per heavy atom. The number of aromatic amines is 1. The number of primary sulfonamides is 1. The van der Waals surface area contributed by atoms with Gasteiger partial charge >= 0.3 is 6.18 Å². The van der Waals surface area contributed by atoms with Crippen LogP contribution in [0, 0.1) is 5.92 Å². The number of nitrogens with zero attached hydrogens (tertiary/aromatic N) is 5. The van der Waals surface area contributed by atoms with Crippen LogP contribution in [0.1, 0.15) is 6.42 Å². The summed E-state index contributed by atoms with van der Waals surface area (Å²) in [4.78, 5) is 12.1. The standard InChI is InChI=1S/C19H21N9O4S3.C2HF3O2/c20-8-10-6-7-28(9-10)35(31,32)14-5-4-11(12-2-1-3-13-16(12)23-19(21)33-13)15(17(14)34(22,29)30)18-24-26-27-25-18;3-2(4,5)1(6)7/h1-5,10H,6-9,20H2,(H2,21,23)(H2,22,29,30)(H,24,25,26,27);(H,6,7)/t10-;/m0./s1. The number of para-hydroxylation sites is 1. The number of H-pyrrole nitrogens is 1. The van der Waals surface area contributed by atoms with Crippen molar-refractivity contribution in [2.45, 2.75) is 22.4 Å². The SMILES string of the molecule is Nc1nc2c(-c3ccc(S(=O)(=O)N4CC[C@@H](C[NH3+])C4)c(S(N)(=O)=O)c3-c3nn[nH]n3)cccc2s1.O=C([O-])C(F)(F)F. The summed E-state index contributed by atoms with van der Waals surface area (Å²) in [5.74, 6) is -3.04. The van der Waals surface area contributed by atoms with Gasteiger partial charge in [0.15, 0.2) is 5.13 Å². The first-order valence-corrected chi connectivity index (χ1v) is 15.5. The number of nitrogens with two attached hydrogens (primary N) is 2. The Labute approximate surface area is 239 Å². The van der Waals surface area contributed by atoms with Gasteiger partial charge in [0.25, 0.3) is 0 Å². The monoisotopic (exact) mass is 649 g/mol. The minimum absolute atomic E-state index is 0.0886. The lowest BCUT2D eigenvalue weighted by molar-refractivity contribution is -0.377. The van der Waals surface area contributed by atoms with Crippen LogP contribution in [-0.4, -0.2) is 78.5 Å². The summed E-state index contributed by atoms with van der Waals surface area (Å²) >= 11 is 1.27. The van der Waals surface area contributed by atoms with Gasteiger partial charge < -0.3 is 21.4 Å². The molecule has 42 heavy (non-hydrogen) atoms. The molecule has 1 fully saturated rings. The second-order valence-corrected chi connectivity index (χ2v) is 13.4. The molecular formula is C21H22F3N9O6S3. The van der Waals surface area contributed by atoms with Gasteiger partial charge in [0.2, 0.25) is 25.9 Å². The topological polar surface area (TPSA) is 259 Å². The number of aromatic nitrogens is 5. The molecule has 15 nitrogen and oxygen atoms in total. The third kappa shape index (κ3) is 6.19. The van der Waals surface area contributed by atoms with Gasteiger partial charge in [-0.1, -0.05) is 29.5 Å². The summed E-state index contributed by atoms with van der Waals surface area (Å²) in [6.07, 6.45) is -4.56. The minimum atomic E-state index is -5.19. The molecule has 1 saturated heterocycles. The van der Waals surface area contributed by atoms with E-state index >= 15 is 0 Å². The van der Waals surface area contributed by atoms with E-state index in [1.54, 1.807) is 12.1 Å². The highest BCUT2D eigenvalue weighted by molar-refractivity contribution is 7.92. The number of hydrogen-bond acceptors (Lipinski definition) is 12. The molecule has 2 aromatic carbocycles. The Kier molecular flexibility index (Phi) is 8.53. The van der Waals surface area contributed by atoms with Crippen LogP contribution in [0.5, 0.6) is 0 Å². The molecule has 1 atom stereocenters. The summed E-state index contributed by atoms with van der Waals surface area (Å²) in [6, 6.07) is 8.07. The zero-order valence-electron chi connectivity index (χ0n) is 21.2. The molecule has 0 spiro atoms. The van der Waals surface area contributed by atoms with Gasteiger partial charge in [-0.25, -0.2) is 27.0 Å². The maximum Gasteiger partial charge on any atom is 0.430 e. The van der Waals surface area contributed by atoms with E-state index in [0.29, 0.717) is 34.7 Å². The predicted molar refractivity (Wildman–Crippen MR) is 140 cm³/mol. The molecule has 226 valence electrons. The summed E-state index contributed by atoms with van der Waals surface area (Å²) in [7, 11) is -8.80. The number of carbonyl (C=O) groups excluding carboxylic acids is 1. The molecule has 1 aliphatic heterocycles. The Bertz CT molecular complexity index is 1850. The number of nitrogens with one attached hydrogen (secondary N) is 1. The number of halogens is 3. The number of sulfonamides is 2. The lowest BCUT2D eigenvalue weighted by Gasteiger charge is -2.21. The van der Waals surface area contributed by atoms with Crippen LogP contribution in [0.25, 0.3) is 32.7 Å². The number of nitrogen functional groups attached to an aromatic ring is 1. The Morgan fingerprint density at radius 1 is 1.19 bits per heavy atom. The number of tetrazole rings is 1. The van der Waals surface area contributed by atoms with Crippen molar-refractivity contribution in [2.75, 3.05) is 25.4 Å². The maximum atomic E-state index is 13.6. The molecule has 0 bridgehead atoms. The summed E-state index contributed by atoms with van der Waals surface area (Å²) in [6.45, 7) is 1.07. The first kappa shape index (κ1) is 31.2. The number of carboxylic acid groups (broad SMARTS) is 1. The van der Waals surface area contributed by atoms with Crippen LogP contribution in [0.2, 0.25) is 0 Å². The third-order valence-electron chi connectivity index (χ3n) is 6.21. The van der Waals surface area contributed by atoms with E-state index < -0.39 is 42.0 Å². The zero-order valence-corrected chi connectivity index (χ0v) is 23.6. The second-order valence-electron chi connectivity index (χ2n) is 8.89. The van der Waals surface area contributed by atoms with Crippen LogP contribution < -0.4 is 21.7 Å². The molecule has 0 amide bonds. The van der Waals surface area contributed by atoms with E-state index in [1.807, 2.05) is 6.07 Å². The highest BCUT2D eigenvalue weighted by Crippen LogP contribution is 2.42. The van der Waals surface area contributed by atoms with E-state index in [4.69, 9.17) is 20.8 Å². The zero-order chi connectivity index (χ0) is 31.0. The number of aliphatic carboxylic acids is 1. The lowest BCUT2D eigenvalue weighted by atomic mass is 9.98. The fraction of sp³-hybridized carbons (Fsp3) is 0.286. The molecule has 5 rings (SSSR count). The van der Waals surface area contributed by atoms with E-state index in [0.717, 1.165) is 4.70 Å². The molecule has 0 saturated carbocycles. The molecule has 1 aliphatic rings. The number of carbonyl (C=O) groups is 1. The number of fused-ring (bicyclic) bond motifs is 1. The first-order chi connectivity index (χ1) is 19.6. The highest BCUT2D eigenvalue weighted by Gasteiger charge is 2.38.